The molecule has 0 aliphatic heterocycles. The number of aryl methyl sites for hydroxylation is 3. The number of ether oxygens (including phenoxy) is 1. The predicted octanol–water partition coefficient (Wildman–Crippen LogP) is 4.65. The van der Waals surface area contributed by atoms with Gasteiger partial charge in [0.2, 0.25) is 0 Å². The third kappa shape index (κ3) is 3.47. The van der Waals surface area contributed by atoms with Gasteiger partial charge in [0.05, 0.1) is 22.3 Å². The van der Waals surface area contributed by atoms with Crippen LogP contribution in [0.1, 0.15) is 28.9 Å². The van der Waals surface area contributed by atoms with E-state index < -0.39 is 0 Å². The molecule has 0 amide bonds. The van der Waals surface area contributed by atoms with Crippen LogP contribution in [0.3, 0.4) is 0 Å². The molecule has 0 saturated carbocycles. The summed E-state index contributed by atoms with van der Waals surface area (Å²) < 4.78 is 5.71. The summed E-state index contributed by atoms with van der Waals surface area (Å²) in [5.74, 6) is 0.569. The zero-order valence-corrected chi connectivity index (χ0v) is 13.4. The van der Waals surface area contributed by atoms with E-state index in [0.717, 1.165) is 29.8 Å². The minimum atomic E-state index is 0.561. The van der Waals surface area contributed by atoms with Crippen LogP contribution in [-0.4, -0.2) is 16.8 Å². The van der Waals surface area contributed by atoms with Gasteiger partial charge in [0.1, 0.15) is 0 Å². The van der Waals surface area contributed by atoms with Gasteiger partial charge in [-0.15, -0.1) is 0 Å². The smallest absolute Gasteiger partial charge is 0.156 e. The van der Waals surface area contributed by atoms with Crippen molar-refractivity contribution in [1.82, 2.24) is 10.2 Å². The second-order valence-corrected chi connectivity index (χ2v) is 5.74. The van der Waals surface area contributed by atoms with Crippen molar-refractivity contribution >= 4 is 23.2 Å². The molecule has 1 aromatic carbocycles. The lowest BCUT2D eigenvalue weighted by atomic mass is 10.1. The number of benzene rings is 1. The zero-order chi connectivity index (χ0) is 14.7. The number of hydrogen-bond acceptors (Lipinski definition) is 2. The molecule has 0 unspecified atom stereocenters. The lowest BCUT2D eigenvalue weighted by molar-refractivity contribution is 0.311. The van der Waals surface area contributed by atoms with Gasteiger partial charge in [0.15, 0.2) is 5.75 Å². The van der Waals surface area contributed by atoms with Gasteiger partial charge in [-0.3, -0.25) is 5.10 Å². The van der Waals surface area contributed by atoms with Crippen molar-refractivity contribution in [3.8, 4) is 5.75 Å². The molecule has 2 aromatic rings. The van der Waals surface area contributed by atoms with Gasteiger partial charge in [-0.2, -0.15) is 5.10 Å². The first kappa shape index (κ1) is 15.2. The van der Waals surface area contributed by atoms with Crippen molar-refractivity contribution in [3.05, 3.63) is 44.7 Å². The maximum absolute atomic E-state index is 6.14. The Morgan fingerprint density at radius 1 is 1.15 bits per heavy atom. The number of rotatable bonds is 5. The molecular formula is C15H18Cl2N2O. The topological polar surface area (TPSA) is 37.9 Å². The van der Waals surface area contributed by atoms with Crippen molar-refractivity contribution in [2.24, 2.45) is 0 Å². The Hall–Kier alpha value is -1.19. The van der Waals surface area contributed by atoms with Crippen molar-refractivity contribution in [1.29, 1.82) is 0 Å². The van der Waals surface area contributed by atoms with Crippen LogP contribution in [0.4, 0.5) is 0 Å². The number of aromatic nitrogens is 2. The number of aromatic amines is 1. The quantitative estimate of drug-likeness (QED) is 0.816. The molecule has 1 aromatic heterocycles. The maximum atomic E-state index is 6.14. The number of nitrogens with one attached hydrogen (secondary N) is 1. The van der Waals surface area contributed by atoms with E-state index in [1.807, 2.05) is 32.9 Å². The summed E-state index contributed by atoms with van der Waals surface area (Å²) in [4.78, 5) is 0. The monoisotopic (exact) mass is 312 g/mol. The van der Waals surface area contributed by atoms with Crippen LogP contribution in [0.5, 0.6) is 5.75 Å². The average Bonchev–Trinajstić information content (AvgIpc) is 2.67. The second kappa shape index (κ2) is 6.51. The molecule has 3 nitrogen and oxygen atoms in total. The van der Waals surface area contributed by atoms with Crippen molar-refractivity contribution in [2.75, 3.05) is 6.61 Å². The van der Waals surface area contributed by atoms with E-state index in [2.05, 4.69) is 10.2 Å². The number of nitrogens with zero attached hydrogens (tertiary/aromatic N) is 1. The lowest BCUT2D eigenvalue weighted by Crippen LogP contribution is -2.01. The van der Waals surface area contributed by atoms with Gasteiger partial charge in [-0.1, -0.05) is 23.2 Å². The minimum Gasteiger partial charge on any atom is -0.490 e. The predicted molar refractivity (Wildman–Crippen MR) is 83.1 cm³/mol. The van der Waals surface area contributed by atoms with Crippen LogP contribution in [0.15, 0.2) is 12.1 Å². The number of H-pyrrole nitrogens is 1. The van der Waals surface area contributed by atoms with Crippen molar-refractivity contribution in [2.45, 2.75) is 33.6 Å². The summed E-state index contributed by atoms with van der Waals surface area (Å²) in [5.41, 5.74) is 4.45. The summed E-state index contributed by atoms with van der Waals surface area (Å²) in [7, 11) is 0. The second-order valence-electron chi connectivity index (χ2n) is 4.92. The zero-order valence-electron chi connectivity index (χ0n) is 11.9. The molecule has 5 heteroatoms. The van der Waals surface area contributed by atoms with Gasteiger partial charge >= 0.3 is 0 Å². The van der Waals surface area contributed by atoms with Crippen LogP contribution in [0.2, 0.25) is 10.0 Å². The molecule has 1 N–H and O–H groups in total. The molecule has 2 rings (SSSR count). The highest BCUT2D eigenvalue weighted by Crippen LogP contribution is 2.34. The van der Waals surface area contributed by atoms with E-state index in [1.54, 1.807) is 0 Å². The number of halogens is 2. The van der Waals surface area contributed by atoms with Gasteiger partial charge in [-0.05, 0) is 56.9 Å². The molecule has 1 heterocycles. The highest BCUT2D eigenvalue weighted by Gasteiger charge is 2.09. The first-order valence-corrected chi connectivity index (χ1v) is 7.33. The third-order valence-corrected chi connectivity index (χ3v) is 3.80. The van der Waals surface area contributed by atoms with Crippen LogP contribution in [0.25, 0.3) is 0 Å². The molecule has 20 heavy (non-hydrogen) atoms. The highest BCUT2D eigenvalue weighted by molar-refractivity contribution is 6.37. The van der Waals surface area contributed by atoms with Gasteiger partial charge < -0.3 is 4.74 Å². The Balaban J connectivity index is 1.91. The normalized spacial score (nSPS) is 10.8. The van der Waals surface area contributed by atoms with Crippen LogP contribution < -0.4 is 4.74 Å². The summed E-state index contributed by atoms with van der Waals surface area (Å²) in [6.45, 7) is 6.57. The fraction of sp³-hybridized carbons (Fsp3) is 0.400. The molecule has 0 aliphatic carbocycles. The molecule has 108 valence electrons. The van der Waals surface area contributed by atoms with Crippen molar-refractivity contribution in [3.63, 3.8) is 0 Å². The highest BCUT2D eigenvalue weighted by atomic mass is 35.5. The summed E-state index contributed by atoms with van der Waals surface area (Å²) >= 11 is 12.3. The standard InChI is InChI=1S/C15H18Cl2N2O/c1-9-7-13(16)15(14(17)8-9)20-6-4-5-12-10(2)18-19-11(12)3/h7-8H,4-6H2,1-3H3,(H,18,19). The Bertz CT molecular complexity index is 565. The average molecular weight is 313 g/mol. The van der Waals surface area contributed by atoms with Crippen LogP contribution >= 0.6 is 23.2 Å². The summed E-state index contributed by atoms with van der Waals surface area (Å²) in [6, 6.07) is 3.71. The summed E-state index contributed by atoms with van der Waals surface area (Å²) in [6.07, 6.45) is 1.82. The molecule has 0 bridgehead atoms. The molecule has 0 fully saturated rings. The van der Waals surface area contributed by atoms with Gasteiger partial charge in [0, 0.05) is 5.69 Å². The minimum absolute atomic E-state index is 0.561. The Morgan fingerprint density at radius 3 is 2.35 bits per heavy atom. The molecule has 0 spiro atoms. The molecule has 0 saturated heterocycles. The number of hydrogen-bond donors (Lipinski definition) is 1. The largest absolute Gasteiger partial charge is 0.490 e. The first-order chi connectivity index (χ1) is 9.49. The third-order valence-electron chi connectivity index (χ3n) is 3.24. The van der Waals surface area contributed by atoms with Crippen LogP contribution in [0, 0.1) is 20.8 Å². The Morgan fingerprint density at radius 2 is 1.80 bits per heavy atom. The van der Waals surface area contributed by atoms with Crippen molar-refractivity contribution < 1.29 is 4.74 Å². The fourth-order valence-corrected chi connectivity index (χ4v) is 2.90. The lowest BCUT2D eigenvalue weighted by Gasteiger charge is -2.10. The first-order valence-electron chi connectivity index (χ1n) is 6.58. The van der Waals surface area contributed by atoms with Crippen LogP contribution in [-0.2, 0) is 6.42 Å². The molecule has 0 atom stereocenters. The van der Waals surface area contributed by atoms with E-state index in [4.69, 9.17) is 27.9 Å². The Kier molecular flexibility index (Phi) is 4.95. The van der Waals surface area contributed by atoms with E-state index in [0.29, 0.717) is 22.4 Å². The van der Waals surface area contributed by atoms with E-state index in [-0.39, 0.29) is 0 Å². The van der Waals surface area contributed by atoms with E-state index >= 15 is 0 Å². The molecule has 0 aliphatic rings. The van der Waals surface area contributed by atoms with Gasteiger partial charge in [-0.25, -0.2) is 0 Å². The Labute approximate surface area is 129 Å². The maximum Gasteiger partial charge on any atom is 0.156 e. The van der Waals surface area contributed by atoms with E-state index in [9.17, 15) is 0 Å². The fourth-order valence-electron chi connectivity index (χ4n) is 2.19. The van der Waals surface area contributed by atoms with E-state index in [1.165, 1.54) is 5.56 Å². The SMILES string of the molecule is Cc1cc(Cl)c(OCCCc2c(C)n[nH]c2C)c(Cl)c1. The summed E-state index contributed by atoms with van der Waals surface area (Å²) in [5, 5.41) is 8.29. The van der Waals surface area contributed by atoms with Gasteiger partial charge in [0.25, 0.3) is 0 Å². The molecule has 0 radical (unpaired) electrons. The molecular weight excluding hydrogens is 295 g/mol.